The first-order valence-electron chi connectivity index (χ1n) is 14.6. The van der Waals surface area contributed by atoms with E-state index in [1.807, 2.05) is 11.1 Å². The summed E-state index contributed by atoms with van der Waals surface area (Å²) in [6.07, 6.45) is 18.5. The lowest BCUT2D eigenvalue weighted by Crippen LogP contribution is -2.63. The smallest absolute Gasteiger partial charge is 0.192 e. The number of carbonyl (C=O) groups is 2. The molecule has 37 heavy (non-hydrogen) atoms. The molecule has 1 aliphatic heterocycles. The Labute approximate surface area is 220 Å². The molecule has 0 aromatic carbocycles. The summed E-state index contributed by atoms with van der Waals surface area (Å²) in [6.45, 7) is 5.30. The van der Waals surface area contributed by atoms with Crippen LogP contribution in [-0.4, -0.2) is 58.2 Å². The maximum absolute atomic E-state index is 13.6. The molecular weight excluding hydrogens is 466 g/mol. The second-order valence-corrected chi connectivity index (χ2v) is 13.2. The molecule has 6 nitrogen and oxygen atoms in total. The Hall–Kier alpha value is -1.60. The molecule has 0 aromatic rings. The Balaban J connectivity index is 1.25. The Morgan fingerprint density at radius 3 is 2.86 bits per heavy atom. The monoisotopic (exact) mass is 509 g/mol. The normalized spacial score (nSPS) is 46.7. The number of rotatable bonds is 6. The van der Waals surface area contributed by atoms with E-state index in [2.05, 4.69) is 26.0 Å². The molecule has 2 N–H and O–H groups in total. The summed E-state index contributed by atoms with van der Waals surface area (Å²) in [4.78, 5) is 32.4. The number of fused-ring (bicyclic) bond motifs is 7. The molecule has 3 saturated carbocycles. The molecule has 6 rings (SSSR count). The lowest BCUT2D eigenvalue weighted by atomic mass is 9.46. The van der Waals surface area contributed by atoms with E-state index in [-0.39, 0.29) is 40.7 Å². The van der Waals surface area contributed by atoms with Crippen molar-refractivity contribution in [3.05, 3.63) is 36.0 Å². The van der Waals surface area contributed by atoms with Gasteiger partial charge in [0, 0.05) is 35.8 Å². The van der Waals surface area contributed by atoms with Crippen molar-refractivity contribution >= 4 is 11.6 Å². The van der Waals surface area contributed by atoms with Crippen molar-refractivity contribution in [2.24, 2.45) is 40.4 Å². The molecule has 1 saturated heterocycles. The van der Waals surface area contributed by atoms with Gasteiger partial charge in [0.25, 0.3) is 0 Å². The van der Waals surface area contributed by atoms with E-state index < -0.39 is 23.7 Å². The van der Waals surface area contributed by atoms with E-state index in [0.717, 1.165) is 44.2 Å². The highest BCUT2D eigenvalue weighted by Gasteiger charge is 2.75. The number of carbonyl (C=O) groups excluding carboxylic acids is 2. The SMILES string of the molecule is C[C@]12C=CC(=O)C=C1CC[C@@H]1[C@@H]2[C@@H](O)C[C@@]2(C)[C@H]1C[C@H]1CN(CCCC3C=CCCC3)O[C@]12C(=O)CO. The number of hydroxylamine groups is 2. The van der Waals surface area contributed by atoms with Crippen LogP contribution in [0, 0.1) is 40.4 Å². The van der Waals surface area contributed by atoms with Crippen LogP contribution < -0.4 is 0 Å². The van der Waals surface area contributed by atoms with E-state index >= 15 is 0 Å². The van der Waals surface area contributed by atoms with Gasteiger partial charge < -0.3 is 10.2 Å². The molecule has 5 aliphatic carbocycles. The highest BCUT2D eigenvalue weighted by molar-refractivity contribution is 6.01. The molecule has 1 unspecified atom stereocenters. The lowest BCUT2D eigenvalue weighted by molar-refractivity contribution is -0.251. The fourth-order valence-corrected chi connectivity index (χ4v) is 9.85. The molecule has 1 heterocycles. The average Bonchev–Trinajstić information content (AvgIpc) is 3.36. The molecule has 0 bridgehead atoms. The summed E-state index contributed by atoms with van der Waals surface area (Å²) >= 11 is 0. The first-order valence-corrected chi connectivity index (χ1v) is 14.6. The molecule has 9 atom stereocenters. The van der Waals surface area contributed by atoms with Crippen molar-refractivity contribution in [1.29, 1.82) is 0 Å². The second kappa shape index (κ2) is 9.25. The van der Waals surface area contributed by atoms with Crippen LogP contribution >= 0.6 is 0 Å². The number of allylic oxidation sites excluding steroid dienone is 6. The zero-order valence-electron chi connectivity index (χ0n) is 22.4. The topological polar surface area (TPSA) is 87.1 Å². The van der Waals surface area contributed by atoms with Gasteiger partial charge in [-0.3, -0.25) is 14.4 Å². The molecule has 6 heteroatoms. The minimum atomic E-state index is -1.07. The summed E-state index contributed by atoms with van der Waals surface area (Å²) in [5.74, 6) is 0.990. The summed E-state index contributed by atoms with van der Waals surface area (Å²) in [5, 5.41) is 23.9. The molecule has 0 radical (unpaired) electrons. The summed E-state index contributed by atoms with van der Waals surface area (Å²) in [7, 11) is 0. The maximum atomic E-state index is 13.6. The lowest BCUT2D eigenvalue weighted by Gasteiger charge is -2.59. The predicted molar refractivity (Wildman–Crippen MR) is 140 cm³/mol. The van der Waals surface area contributed by atoms with E-state index in [1.165, 1.54) is 19.3 Å². The van der Waals surface area contributed by atoms with Gasteiger partial charge in [0.1, 0.15) is 6.61 Å². The van der Waals surface area contributed by atoms with Gasteiger partial charge in [0.15, 0.2) is 17.2 Å². The van der Waals surface area contributed by atoms with Gasteiger partial charge in [-0.1, -0.05) is 37.6 Å². The van der Waals surface area contributed by atoms with Gasteiger partial charge in [0.2, 0.25) is 0 Å². The second-order valence-electron chi connectivity index (χ2n) is 13.2. The summed E-state index contributed by atoms with van der Waals surface area (Å²) in [6, 6.07) is 0. The third-order valence-electron chi connectivity index (χ3n) is 11.4. The maximum Gasteiger partial charge on any atom is 0.192 e. The van der Waals surface area contributed by atoms with Crippen LogP contribution in [0.15, 0.2) is 36.0 Å². The van der Waals surface area contributed by atoms with Crippen molar-refractivity contribution in [1.82, 2.24) is 5.06 Å². The highest BCUT2D eigenvalue weighted by Crippen LogP contribution is 2.70. The van der Waals surface area contributed by atoms with Crippen LogP contribution in [0.3, 0.4) is 0 Å². The Morgan fingerprint density at radius 2 is 2.11 bits per heavy atom. The minimum Gasteiger partial charge on any atom is -0.393 e. The molecule has 4 fully saturated rings. The number of Topliss-reactive ketones (excluding diaryl/α,β-unsaturated/α-hetero) is 1. The van der Waals surface area contributed by atoms with Gasteiger partial charge >= 0.3 is 0 Å². The molecular formula is C31H43NO5. The van der Waals surface area contributed by atoms with Crippen LogP contribution in [0.1, 0.15) is 71.6 Å². The van der Waals surface area contributed by atoms with E-state index in [4.69, 9.17) is 4.84 Å². The number of aliphatic hydroxyl groups excluding tert-OH is 2. The predicted octanol–water partition coefficient (Wildman–Crippen LogP) is 4.18. The van der Waals surface area contributed by atoms with Crippen molar-refractivity contribution < 1.29 is 24.6 Å². The quantitative estimate of drug-likeness (QED) is 0.523. The van der Waals surface area contributed by atoms with Gasteiger partial charge in [-0.2, -0.15) is 5.06 Å². The number of nitrogens with zero attached hydrogens (tertiary/aromatic N) is 1. The molecule has 0 aromatic heterocycles. The molecule has 202 valence electrons. The Kier molecular flexibility index (Phi) is 6.42. The van der Waals surface area contributed by atoms with Crippen molar-refractivity contribution in [3.8, 4) is 0 Å². The van der Waals surface area contributed by atoms with Gasteiger partial charge in [-0.15, -0.1) is 0 Å². The van der Waals surface area contributed by atoms with E-state index in [9.17, 15) is 19.8 Å². The summed E-state index contributed by atoms with van der Waals surface area (Å²) < 4.78 is 0. The summed E-state index contributed by atoms with van der Waals surface area (Å²) in [5.41, 5.74) is -0.800. The highest BCUT2D eigenvalue weighted by atomic mass is 16.7. The van der Waals surface area contributed by atoms with Crippen LogP contribution in [0.2, 0.25) is 0 Å². The van der Waals surface area contributed by atoms with Gasteiger partial charge in [0.05, 0.1) is 6.10 Å². The first kappa shape index (κ1) is 25.7. The Bertz CT molecular complexity index is 1050. The van der Waals surface area contributed by atoms with Crippen LogP contribution in [0.5, 0.6) is 0 Å². The van der Waals surface area contributed by atoms with Crippen molar-refractivity contribution in [3.63, 3.8) is 0 Å². The van der Waals surface area contributed by atoms with Crippen LogP contribution in [0.4, 0.5) is 0 Å². The standard InChI is InChI=1S/C31H43NO5/c1-29-13-12-23(34)15-21(29)10-11-24-25-16-22-18-32(14-6-9-20-7-4-3-5-8-20)37-31(22,27(36)19-33)30(25,2)17-26(35)28(24)29/h4,7,12-13,15,20,22,24-26,28,33,35H,3,5-6,8-11,14,16-19H2,1-2H3/t20?,22-,24-,25-,26-,28+,29-,30-,31-/m0/s1. The number of hydrogen-bond donors (Lipinski definition) is 2. The van der Waals surface area contributed by atoms with Gasteiger partial charge in [-0.05, 0) is 87.7 Å². The third kappa shape index (κ3) is 3.73. The van der Waals surface area contributed by atoms with E-state index in [1.54, 1.807) is 12.2 Å². The first-order chi connectivity index (χ1) is 17.7. The number of ketones is 2. The van der Waals surface area contributed by atoms with Crippen LogP contribution in [-0.2, 0) is 14.4 Å². The minimum absolute atomic E-state index is 0.0229. The zero-order valence-corrected chi connectivity index (χ0v) is 22.4. The number of hydrogen-bond acceptors (Lipinski definition) is 6. The van der Waals surface area contributed by atoms with E-state index in [0.29, 0.717) is 18.9 Å². The average molecular weight is 510 g/mol. The molecule has 0 amide bonds. The third-order valence-corrected chi connectivity index (χ3v) is 11.4. The van der Waals surface area contributed by atoms with Crippen molar-refractivity contribution in [2.75, 3.05) is 19.7 Å². The molecule has 0 spiro atoms. The zero-order chi connectivity index (χ0) is 26.0. The van der Waals surface area contributed by atoms with Gasteiger partial charge in [-0.25, -0.2) is 0 Å². The Morgan fingerprint density at radius 1 is 1.27 bits per heavy atom. The fourth-order valence-electron chi connectivity index (χ4n) is 9.85. The molecule has 6 aliphatic rings. The van der Waals surface area contributed by atoms with Crippen molar-refractivity contribution in [2.45, 2.75) is 83.3 Å². The number of aliphatic hydroxyl groups is 2. The largest absolute Gasteiger partial charge is 0.393 e. The fraction of sp³-hybridized carbons (Fsp3) is 0.742. The van der Waals surface area contributed by atoms with Crippen LogP contribution in [0.25, 0.3) is 0 Å².